The van der Waals surface area contributed by atoms with Crippen molar-refractivity contribution < 1.29 is 14.1 Å². The number of hydrogen-bond acceptors (Lipinski definition) is 6. The molecule has 0 atom stereocenters. The average molecular weight is 292 g/mol. The number of nitrogens with one attached hydrogen (secondary N) is 2. The van der Waals surface area contributed by atoms with Gasteiger partial charge in [-0.3, -0.25) is 20.2 Å². The molecular weight excluding hydrogens is 284 g/mol. The molecule has 0 aromatic carbocycles. The highest BCUT2D eigenvalue weighted by Crippen LogP contribution is 2.11. The fourth-order valence-corrected chi connectivity index (χ4v) is 1.49. The van der Waals surface area contributed by atoms with Crippen LogP contribution in [0.5, 0.6) is 0 Å². The lowest BCUT2D eigenvalue weighted by Crippen LogP contribution is -2.34. The normalized spacial score (nSPS) is 9.80. The third-order valence-electron chi connectivity index (χ3n) is 2.17. The third-order valence-corrected chi connectivity index (χ3v) is 2.38. The largest absolute Gasteiger partial charge is 0.459 e. The Morgan fingerprint density at radius 3 is 2.75 bits per heavy atom. The molecule has 0 aliphatic carbocycles. The molecule has 0 saturated heterocycles. The number of pyridine rings is 1. The third kappa shape index (κ3) is 3.36. The molecule has 8 nitrogen and oxygen atoms in total. The van der Waals surface area contributed by atoms with E-state index >= 15 is 0 Å². The van der Waals surface area contributed by atoms with Gasteiger partial charge in [0, 0.05) is 6.07 Å². The Morgan fingerprint density at radius 1 is 1.40 bits per heavy atom. The number of carbonyl (C=O) groups excluding carboxylic acids is 1. The Bertz CT molecular complexity index is 639. The summed E-state index contributed by atoms with van der Waals surface area (Å²) in [5.41, 5.74) is -0.138. The van der Waals surface area contributed by atoms with Gasteiger partial charge in [-0.15, -0.1) is 0 Å². The number of hydrogen-bond donors (Lipinski definition) is 2. The van der Waals surface area contributed by atoms with Crippen LogP contribution in [0.4, 0.5) is 11.5 Å². The second-order valence-electron chi connectivity index (χ2n) is 3.54. The first-order chi connectivity index (χ1) is 9.56. The molecule has 102 valence electrons. The molecule has 0 aliphatic rings. The van der Waals surface area contributed by atoms with Crippen LogP contribution < -0.4 is 10.6 Å². The summed E-state index contributed by atoms with van der Waals surface area (Å²) in [6.07, 6.45) is 2.45. The molecule has 9 heteroatoms. The molecule has 2 aromatic rings. The molecule has 2 rings (SSSR count). The molecule has 0 bridgehead atoms. The Hall–Kier alpha value is -2.81. The zero-order chi connectivity index (χ0) is 14.5. The van der Waals surface area contributed by atoms with Gasteiger partial charge in [-0.1, -0.05) is 0 Å². The first-order valence-electron chi connectivity index (χ1n) is 5.32. The number of furan rings is 1. The summed E-state index contributed by atoms with van der Waals surface area (Å²) in [5, 5.41) is 15.5. The molecular formula is C11H8N4O4S. The van der Waals surface area contributed by atoms with E-state index in [9.17, 15) is 14.9 Å². The number of nitro groups is 1. The summed E-state index contributed by atoms with van der Waals surface area (Å²) in [4.78, 5) is 25.3. The second-order valence-corrected chi connectivity index (χ2v) is 3.95. The van der Waals surface area contributed by atoms with Gasteiger partial charge in [-0.05, 0) is 30.4 Å². The van der Waals surface area contributed by atoms with E-state index in [1.807, 2.05) is 0 Å². The van der Waals surface area contributed by atoms with Gasteiger partial charge < -0.3 is 9.73 Å². The summed E-state index contributed by atoms with van der Waals surface area (Å²) >= 11 is 4.91. The Labute approximate surface area is 118 Å². The first kappa shape index (κ1) is 13.6. The van der Waals surface area contributed by atoms with Crippen molar-refractivity contribution in [3.63, 3.8) is 0 Å². The molecule has 2 heterocycles. The lowest BCUT2D eigenvalue weighted by molar-refractivity contribution is -0.385. The van der Waals surface area contributed by atoms with Crippen LogP contribution in [-0.4, -0.2) is 20.9 Å². The van der Waals surface area contributed by atoms with Gasteiger partial charge in [-0.2, -0.15) is 0 Å². The van der Waals surface area contributed by atoms with E-state index in [0.29, 0.717) is 0 Å². The Kier molecular flexibility index (Phi) is 4.01. The van der Waals surface area contributed by atoms with Gasteiger partial charge >= 0.3 is 0 Å². The van der Waals surface area contributed by atoms with Crippen LogP contribution >= 0.6 is 12.2 Å². The van der Waals surface area contributed by atoms with Crippen molar-refractivity contribution in [3.8, 4) is 0 Å². The second kappa shape index (κ2) is 5.89. The zero-order valence-corrected chi connectivity index (χ0v) is 10.7. The average Bonchev–Trinajstić information content (AvgIpc) is 2.93. The van der Waals surface area contributed by atoms with Gasteiger partial charge in [0.05, 0.1) is 11.2 Å². The van der Waals surface area contributed by atoms with E-state index in [4.69, 9.17) is 16.6 Å². The number of amides is 1. The van der Waals surface area contributed by atoms with Crippen molar-refractivity contribution in [1.29, 1.82) is 0 Å². The number of thiocarbonyl (C=S) groups is 1. The molecule has 0 unspecified atom stereocenters. The molecule has 0 spiro atoms. The van der Waals surface area contributed by atoms with Crippen molar-refractivity contribution in [3.05, 3.63) is 52.6 Å². The van der Waals surface area contributed by atoms with Crippen LogP contribution in [0.25, 0.3) is 0 Å². The lowest BCUT2D eigenvalue weighted by atomic mass is 10.4. The van der Waals surface area contributed by atoms with Gasteiger partial charge in [0.1, 0.15) is 12.0 Å². The van der Waals surface area contributed by atoms with Gasteiger partial charge in [0.2, 0.25) is 0 Å². The van der Waals surface area contributed by atoms with E-state index in [1.165, 1.54) is 24.5 Å². The highest BCUT2D eigenvalue weighted by atomic mass is 32.1. The van der Waals surface area contributed by atoms with Gasteiger partial charge in [0.25, 0.3) is 11.6 Å². The number of rotatable bonds is 3. The molecule has 2 N–H and O–H groups in total. The molecule has 0 aliphatic heterocycles. The lowest BCUT2D eigenvalue weighted by Gasteiger charge is -2.07. The Balaban J connectivity index is 1.94. The smallest absolute Gasteiger partial charge is 0.293 e. The van der Waals surface area contributed by atoms with Crippen LogP contribution in [0.3, 0.4) is 0 Å². The van der Waals surface area contributed by atoms with Gasteiger partial charge in [0.15, 0.2) is 10.9 Å². The zero-order valence-electron chi connectivity index (χ0n) is 9.90. The quantitative estimate of drug-likeness (QED) is 0.503. The van der Waals surface area contributed by atoms with Crippen molar-refractivity contribution in [2.45, 2.75) is 0 Å². The summed E-state index contributed by atoms with van der Waals surface area (Å²) in [5.74, 6) is -0.111. The molecule has 20 heavy (non-hydrogen) atoms. The topological polar surface area (TPSA) is 110 Å². The molecule has 1 amide bonds. The van der Waals surface area contributed by atoms with E-state index in [0.717, 1.165) is 6.20 Å². The van der Waals surface area contributed by atoms with Crippen molar-refractivity contribution in [2.75, 3.05) is 5.32 Å². The number of aromatic nitrogens is 1. The summed E-state index contributed by atoms with van der Waals surface area (Å²) in [6.45, 7) is 0. The fraction of sp³-hybridized carbons (Fsp3) is 0. The number of anilines is 1. The van der Waals surface area contributed by atoms with Crippen LogP contribution in [0, 0.1) is 10.1 Å². The number of carbonyl (C=O) groups is 1. The van der Waals surface area contributed by atoms with E-state index < -0.39 is 10.8 Å². The van der Waals surface area contributed by atoms with Crippen LogP contribution in [0.15, 0.2) is 41.1 Å². The Morgan fingerprint density at radius 2 is 2.20 bits per heavy atom. The minimum Gasteiger partial charge on any atom is -0.459 e. The maximum atomic E-state index is 11.6. The maximum Gasteiger partial charge on any atom is 0.293 e. The van der Waals surface area contributed by atoms with E-state index in [-0.39, 0.29) is 22.4 Å². The van der Waals surface area contributed by atoms with Crippen LogP contribution in [0.2, 0.25) is 0 Å². The fourth-order valence-electron chi connectivity index (χ4n) is 1.29. The monoisotopic (exact) mass is 292 g/mol. The molecule has 0 radical (unpaired) electrons. The minimum atomic E-state index is -0.562. The van der Waals surface area contributed by atoms with E-state index in [1.54, 1.807) is 6.07 Å². The highest BCUT2D eigenvalue weighted by Gasteiger charge is 2.11. The highest BCUT2D eigenvalue weighted by molar-refractivity contribution is 7.80. The van der Waals surface area contributed by atoms with E-state index in [2.05, 4.69) is 15.6 Å². The van der Waals surface area contributed by atoms with Crippen molar-refractivity contribution >= 4 is 34.7 Å². The predicted molar refractivity (Wildman–Crippen MR) is 73.3 cm³/mol. The number of nitrogens with zero attached hydrogens (tertiary/aromatic N) is 2. The molecule has 0 saturated carbocycles. The van der Waals surface area contributed by atoms with Crippen LogP contribution in [-0.2, 0) is 0 Å². The molecule has 2 aromatic heterocycles. The SMILES string of the molecule is O=C(NC(=S)Nc1ccc([N+](=O)[O-])cn1)c1ccco1. The molecule has 0 fully saturated rings. The van der Waals surface area contributed by atoms with Crippen LogP contribution in [0.1, 0.15) is 10.6 Å². The van der Waals surface area contributed by atoms with Gasteiger partial charge in [-0.25, -0.2) is 4.98 Å². The standard InChI is InChI=1S/C11H8N4O4S/c16-10(8-2-1-5-19-8)14-11(20)13-9-4-3-7(6-12-9)15(17)18/h1-6H,(H2,12,13,14,16,20). The summed E-state index contributed by atoms with van der Waals surface area (Å²) < 4.78 is 4.90. The summed E-state index contributed by atoms with van der Waals surface area (Å²) in [6, 6.07) is 5.71. The van der Waals surface area contributed by atoms with Crippen molar-refractivity contribution in [1.82, 2.24) is 10.3 Å². The predicted octanol–water partition coefficient (Wildman–Crippen LogP) is 1.71. The first-order valence-corrected chi connectivity index (χ1v) is 5.73. The maximum absolute atomic E-state index is 11.6. The summed E-state index contributed by atoms with van der Waals surface area (Å²) in [7, 11) is 0. The minimum absolute atomic E-state index is 0.00718. The van der Waals surface area contributed by atoms with Crippen molar-refractivity contribution in [2.24, 2.45) is 0 Å².